The molecule has 0 aliphatic heterocycles. The molecule has 0 bridgehead atoms. The quantitative estimate of drug-likeness (QED) is 0.501. The van der Waals surface area contributed by atoms with E-state index < -0.39 is 6.10 Å². The van der Waals surface area contributed by atoms with Crippen LogP contribution in [0.5, 0.6) is 5.75 Å². The SMILES string of the molecule is CC(C)n1nc(C(O)c2cccc(OCc3ccccc3)c2)c2ccccc21. The van der Waals surface area contributed by atoms with Crippen molar-refractivity contribution in [3.8, 4) is 5.75 Å². The molecular formula is C24H24N2O2. The van der Waals surface area contributed by atoms with Crippen molar-refractivity contribution in [2.75, 3.05) is 0 Å². The molecule has 28 heavy (non-hydrogen) atoms. The van der Waals surface area contributed by atoms with Crippen molar-refractivity contribution in [1.82, 2.24) is 9.78 Å². The minimum Gasteiger partial charge on any atom is -0.489 e. The number of aliphatic hydroxyl groups excluding tert-OH is 1. The van der Waals surface area contributed by atoms with Crippen LogP contribution in [0, 0.1) is 0 Å². The summed E-state index contributed by atoms with van der Waals surface area (Å²) < 4.78 is 7.87. The molecule has 4 nitrogen and oxygen atoms in total. The van der Waals surface area contributed by atoms with E-state index in [2.05, 4.69) is 13.8 Å². The van der Waals surface area contributed by atoms with Crippen LogP contribution in [0.4, 0.5) is 0 Å². The highest BCUT2D eigenvalue weighted by Crippen LogP contribution is 2.31. The Morgan fingerprint density at radius 2 is 1.68 bits per heavy atom. The zero-order valence-electron chi connectivity index (χ0n) is 16.1. The predicted octanol–water partition coefficient (Wildman–Crippen LogP) is 5.28. The normalized spacial score (nSPS) is 12.4. The van der Waals surface area contributed by atoms with Crippen molar-refractivity contribution in [3.05, 3.63) is 95.7 Å². The molecule has 0 spiro atoms. The third kappa shape index (κ3) is 3.64. The number of nitrogens with zero attached hydrogens (tertiary/aromatic N) is 2. The number of para-hydroxylation sites is 1. The van der Waals surface area contributed by atoms with Gasteiger partial charge >= 0.3 is 0 Å². The van der Waals surface area contributed by atoms with Gasteiger partial charge in [-0.15, -0.1) is 0 Å². The molecule has 1 aromatic heterocycles. The van der Waals surface area contributed by atoms with Crippen LogP contribution in [0.2, 0.25) is 0 Å². The van der Waals surface area contributed by atoms with E-state index in [1.165, 1.54) is 0 Å². The first kappa shape index (κ1) is 18.3. The monoisotopic (exact) mass is 372 g/mol. The van der Waals surface area contributed by atoms with Crippen molar-refractivity contribution < 1.29 is 9.84 Å². The third-order valence-corrected chi connectivity index (χ3v) is 4.81. The maximum absolute atomic E-state index is 11.1. The van der Waals surface area contributed by atoms with Gasteiger partial charge in [-0.3, -0.25) is 4.68 Å². The van der Waals surface area contributed by atoms with Gasteiger partial charge in [0.05, 0.1) is 5.52 Å². The second-order valence-corrected chi connectivity index (χ2v) is 7.19. The fourth-order valence-electron chi connectivity index (χ4n) is 3.38. The van der Waals surface area contributed by atoms with Crippen molar-refractivity contribution >= 4 is 10.9 Å². The van der Waals surface area contributed by atoms with Gasteiger partial charge in [-0.2, -0.15) is 5.10 Å². The van der Waals surface area contributed by atoms with Crippen LogP contribution in [0.1, 0.15) is 42.8 Å². The van der Waals surface area contributed by atoms with Gasteiger partial charge in [-0.25, -0.2) is 0 Å². The summed E-state index contributed by atoms with van der Waals surface area (Å²) in [6.45, 7) is 4.67. The number of aromatic nitrogens is 2. The Balaban J connectivity index is 1.62. The van der Waals surface area contributed by atoms with E-state index in [0.717, 1.165) is 27.8 Å². The van der Waals surface area contributed by atoms with Crippen molar-refractivity contribution in [1.29, 1.82) is 0 Å². The van der Waals surface area contributed by atoms with Gasteiger partial charge in [0.15, 0.2) is 0 Å². The van der Waals surface area contributed by atoms with Crippen LogP contribution in [0.25, 0.3) is 10.9 Å². The Morgan fingerprint density at radius 3 is 2.46 bits per heavy atom. The third-order valence-electron chi connectivity index (χ3n) is 4.81. The average molecular weight is 372 g/mol. The number of rotatable bonds is 6. The molecule has 4 aromatic rings. The molecule has 0 saturated carbocycles. The van der Waals surface area contributed by atoms with E-state index in [4.69, 9.17) is 9.84 Å². The molecule has 1 N–H and O–H groups in total. The van der Waals surface area contributed by atoms with E-state index >= 15 is 0 Å². The lowest BCUT2D eigenvalue weighted by molar-refractivity contribution is 0.214. The molecule has 142 valence electrons. The standard InChI is InChI=1S/C24H24N2O2/c1-17(2)26-22-14-7-6-13-21(22)23(25-26)24(27)19-11-8-12-20(15-19)28-16-18-9-4-3-5-10-18/h3-15,17,24,27H,16H2,1-2H3. The summed E-state index contributed by atoms with van der Waals surface area (Å²) in [7, 11) is 0. The summed E-state index contributed by atoms with van der Waals surface area (Å²) in [5.74, 6) is 0.730. The second kappa shape index (κ2) is 7.87. The summed E-state index contributed by atoms with van der Waals surface area (Å²) >= 11 is 0. The number of benzene rings is 3. The van der Waals surface area contributed by atoms with Crippen LogP contribution in [0.15, 0.2) is 78.9 Å². The summed E-state index contributed by atoms with van der Waals surface area (Å²) in [6, 6.07) is 25.9. The van der Waals surface area contributed by atoms with E-state index in [-0.39, 0.29) is 6.04 Å². The van der Waals surface area contributed by atoms with E-state index in [9.17, 15) is 5.11 Å². The van der Waals surface area contributed by atoms with Crippen LogP contribution in [0.3, 0.4) is 0 Å². The first-order chi connectivity index (χ1) is 13.6. The van der Waals surface area contributed by atoms with Crippen molar-refractivity contribution in [3.63, 3.8) is 0 Å². The van der Waals surface area contributed by atoms with Crippen LogP contribution >= 0.6 is 0 Å². The molecule has 3 aromatic carbocycles. The fourth-order valence-corrected chi connectivity index (χ4v) is 3.38. The van der Waals surface area contributed by atoms with Crippen molar-refractivity contribution in [2.24, 2.45) is 0 Å². The molecule has 0 fully saturated rings. The Labute approximate surface area is 165 Å². The van der Waals surface area contributed by atoms with E-state index in [1.807, 2.05) is 83.5 Å². The van der Waals surface area contributed by atoms with E-state index in [1.54, 1.807) is 0 Å². The highest BCUT2D eigenvalue weighted by atomic mass is 16.5. The molecule has 0 saturated heterocycles. The van der Waals surface area contributed by atoms with Gasteiger partial charge < -0.3 is 9.84 Å². The van der Waals surface area contributed by atoms with Gasteiger partial charge in [-0.05, 0) is 43.2 Å². The highest BCUT2D eigenvalue weighted by Gasteiger charge is 2.20. The van der Waals surface area contributed by atoms with Crippen LogP contribution < -0.4 is 4.74 Å². The number of hydrogen-bond donors (Lipinski definition) is 1. The van der Waals surface area contributed by atoms with Gasteiger partial charge in [0, 0.05) is 11.4 Å². The molecular weight excluding hydrogens is 348 g/mol. The number of hydrogen-bond acceptors (Lipinski definition) is 3. The summed E-state index contributed by atoms with van der Waals surface area (Å²) in [5, 5.41) is 16.7. The lowest BCUT2D eigenvalue weighted by Gasteiger charge is -2.12. The van der Waals surface area contributed by atoms with Gasteiger partial charge in [-0.1, -0.05) is 60.7 Å². The fraction of sp³-hybridized carbons (Fsp3) is 0.208. The molecule has 0 aliphatic rings. The van der Waals surface area contributed by atoms with Gasteiger partial charge in [0.1, 0.15) is 24.2 Å². The zero-order valence-corrected chi connectivity index (χ0v) is 16.1. The first-order valence-corrected chi connectivity index (χ1v) is 9.55. The minimum absolute atomic E-state index is 0.214. The molecule has 1 unspecified atom stereocenters. The van der Waals surface area contributed by atoms with Crippen LogP contribution in [-0.4, -0.2) is 14.9 Å². The Morgan fingerprint density at radius 1 is 0.929 bits per heavy atom. The molecule has 1 atom stereocenters. The Hall–Kier alpha value is -3.11. The molecule has 1 heterocycles. The van der Waals surface area contributed by atoms with Gasteiger partial charge in [0.2, 0.25) is 0 Å². The molecule has 0 amide bonds. The first-order valence-electron chi connectivity index (χ1n) is 9.55. The molecule has 0 radical (unpaired) electrons. The molecule has 4 rings (SSSR count). The molecule has 0 aliphatic carbocycles. The summed E-state index contributed by atoms with van der Waals surface area (Å²) in [6.07, 6.45) is -0.815. The summed E-state index contributed by atoms with van der Waals surface area (Å²) in [5.41, 5.74) is 3.58. The number of ether oxygens (including phenoxy) is 1. The zero-order chi connectivity index (χ0) is 19.5. The second-order valence-electron chi connectivity index (χ2n) is 7.19. The minimum atomic E-state index is -0.815. The van der Waals surface area contributed by atoms with E-state index in [0.29, 0.717) is 12.3 Å². The maximum atomic E-state index is 11.1. The number of fused-ring (bicyclic) bond motifs is 1. The lowest BCUT2D eigenvalue weighted by Crippen LogP contribution is -2.06. The maximum Gasteiger partial charge on any atom is 0.124 e. The highest BCUT2D eigenvalue weighted by molar-refractivity contribution is 5.82. The number of aliphatic hydroxyl groups is 1. The largest absolute Gasteiger partial charge is 0.489 e. The summed E-state index contributed by atoms with van der Waals surface area (Å²) in [4.78, 5) is 0. The Bertz CT molecular complexity index is 1070. The Kier molecular flexibility index (Phi) is 5.13. The predicted molar refractivity (Wildman–Crippen MR) is 111 cm³/mol. The lowest BCUT2D eigenvalue weighted by atomic mass is 10.0. The molecule has 4 heteroatoms. The van der Waals surface area contributed by atoms with Crippen LogP contribution in [-0.2, 0) is 6.61 Å². The smallest absolute Gasteiger partial charge is 0.124 e. The topological polar surface area (TPSA) is 47.3 Å². The van der Waals surface area contributed by atoms with Gasteiger partial charge in [0.25, 0.3) is 0 Å². The average Bonchev–Trinajstić information content (AvgIpc) is 3.13. The van der Waals surface area contributed by atoms with Crippen molar-refractivity contribution in [2.45, 2.75) is 32.6 Å².